The van der Waals surface area contributed by atoms with E-state index < -0.39 is 11.8 Å². The number of rotatable bonds is 8. The zero-order valence-electron chi connectivity index (χ0n) is 17.3. The molecule has 0 unspecified atom stereocenters. The molecule has 0 aliphatic carbocycles. The van der Waals surface area contributed by atoms with Crippen LogP contribution in [-0.4, -0.2) is 52.4 Å². The normalized spacial score (nSPS) is 10.9. The van der Waals surface area contributed by atoms with Gasteiger partial charge in [0.05, 0.1) is 26.5 Å². The smallest absolute Gasteiger partial charge is 0.259 e. The highest BCUT2D eigenvalue weighted by atomic mass is 16.5. The summed E-state index contributed by atoms with van der Waals surface area (Å²) in [6.07, 6.45) is 0. The van der Waals surface area contributed by atoms with Gasteiger partial charge in [-0.05, 0) is 42.8 Å². The number of methoxy groups -OCH3 is 2. The first-order valence-corrected chi connectivity index (χ1v) is 8.96. The maximum atomic E-state index is 12.2. The molecule has 2 aromatic carbocycles. The second-order valence-electron chi connectivity index (χ2n) is 6.43. The van der Waals surface area contributed by atoms with E-state index in [1.165, 1.54) is 14.2 Å². The number of anilines is 1. The first-order chi connectivity index (χ1) is 13.8. The molecule has 154 valence electrons. The van der Waals surface area contributed by atoms with Crippen LogP contribution in [0.5, 0.6) is 11.5 Å². The van der Waals surface area contributed by atoms with Crippen molar-refractivity contribution < 1.29 is 19.1 Å². The van der Waals surface area contributed by atoms with Crippen LogP contribution >= 0.6 is 0 Å². The predicted octanol–water partition coefficient (Wildman–Crippen LogP) is 2.04. The number of hydrogen-bond acceptors (Lipinski definition) is 6. The Labute approximate surface area is 170 Å². The fourth-order valence-corrected chi connectivity index (χ4v) is 2.49. The molecule has 0 fully saturated rings. The minimum atomic E-state index is -0.428. The number of nitrogens with zero attached hydrogens (tertiary/aromatic N) is 2. The summed E-state index contributed by atoms with van der Waals surface area (Å²) in [7, 11) is 6.93. The molecule has 0 heterocycles. The average Bonchev–Trinajstić information content (AvgIpc) is 2.75. The van der Waals surface area contributed by atoms with Gasteiger partial charge in [-0.25, -0.2) is 5.43 Å². The summed E-state index contributed by atoms with van der Waals surface area (Å²) >= 11 is 0. The number of carbonyl (C=O) groups excluding carboxylic acids is 2. The predicted molar refractivity (Wildman–Crippen MR) is 113 cm³/mol. The summed E-state index contributed by atoms with van der Waals surface area (Å²) in [5.41, 5.74) is 5.43. The van der Waals surface area contributed by atoms with Gasteiger partial charge in [0.1, 0.15) is 0 Å². The largest absolute Gasteiger partial charge is 0.493 e. The van der Waals surface area contributed by atoms with Crippen LogP contribution in [0.15, 0.2) is 47.6 Å². The molecule has 0 aliphatic rings. The summed E-state index contributed by atoms with van der Waals surface area (Å²) < 4.78 is 10.3. The Kier molecular flexibility index (Phi) is 7.59. The van der Waals surface area contributed by atoms with Gasteiger partial charge in [0.2, 0.25) is 0 Å². The third kappa shape index (κ3) is 5.97. The summed E-state index contributed by atoms with van der Waals surface area (Å²) in [6, 6.07) is 12.6. The van der Waals surface area contributed by atoms with E-state index in [0.29, 0.717) is 22.8 Å². The summed E-state index contributed by atoms with van der Waals surface area (Å²) in [5, 5.41) is 6.63. The Bertz CT molecular complexity index is 892. The van der Waals surface area contributed by atoms with E-state index in [4.69, 9.17) is 9.47 Å². The minimum Gasteiger partial charge on any atom is -0.493 e. The Balaban J connectivity index is 1.90. The van der Waals surface area contributed by atoms with Crippen molar-refractivity contribution >= 4 is 23.2 Å². The van der Waals surface area contributed by atoms with Gasteiger partial charge in [-0.3, -0.25) is 9.59 Å². The first-order valence-electron chi connectivity index (χ1n) is 8.96. The van der Waals surface area contributed by atoms with Crippen LogP contribution in [0, 0.1) is 0 Å². The minimum absolute atomic E-state index is 0.205. The average molecular weight is 398 g/mol. The highest BCUT2D eigenvalue weighted by Gasteiger charge is 2.12. The van der Waals surface area contributed by atoms with Crippen molar-refractivity contribution in [2.24, 2.45) is 5.10 Å². The molecule has 2 N–H and O–H groups in total. The van der Waals surface area contributed by atoms with Crippen molar-refractivity contribution in [1.29, 1.82) is 0 Å². The maximum Gasteiger partial charge on any atom is 0.259 e. The molecular formula is C21H26N4O4. The molecule has 2 amide bonds. The number of carbonyl (C=O) groups is 2. The number of benzene rings is 2. The number of amides is 2. The zero-order valence-corrected chi connectivity index (χ0v) is 17.3. The number of nitrogens with one attached hydrogen (secondary N) is 2. The molecule has 8 nitrogen and oxygen atoms in total. The molecule has 0 aromatic heterocycles. The molecule has 0 radical (unpaired) electrons. The second-order valence-corrected chi connectivity index (χ2v) is 6.43. The number of hydrogen-bond donors (Lipinski definition) is 2. The van der Waals surface area contributed by atoms with Crippen molar-refractivity contribution in [3.63, 3.8) is 0 Å². The summed E-state index contributed by atoms with van der Waals surface area (Å²) in [4.78, 5) is 26.2. The van der Waals surface area contributed by atoms with Crippen LogP contribution in [-0.2, 0) is 4.79 Å². The molecule has 29 heavy (non-hydrogen) atoms. The molecule has 8 heteroatoms. The topological polar surface area (TPSA) is 92.3 Å². The van der Waals surface area contributed by atoms with Crippen LogP contribution < -0.4 is 25.1 Å². The number of ether oxygens (including phenoxy) is 2. The van der Waals surface area contributed by atoms with Crippen molar-refractivity contribution in [3.8, 4) is 11.5 Å². The lowest BCUT2D eigenvalue weighted by Crippen LogP contribution is -2.35. The lowest BCUT2D eigenvalue weighted by atomic mass is 10.1. The highest BCUT2D eigenvalue weighted by molar-refractivity contribution is 6.00. The van der Waals surface area contributed by atoms with E-state index in [1.54, 1.807) is 25.1 Å². The van der Waals surface area contributed by atoms with E-state index in [1.807, 2.05) is 43.3 Å². The molecule has 0 spiro atoms. The van der Waals surface area contributed by atoms with E-state index in [0.717, 1.165) is 11.3 Å². The van der Waals surface area contributed by atoms with Crippen molar-refractivity contribution in [1.82, 2.24) is 10.7 Å². The molecule has 2 aromatic rings. The van der Waals surface area contributed by atoms with Gasteiger partial charge in [-0.15, -0.1) is 0 Å². The van der Waals surface area contributed by atoms with Crippen LogP contribution in [0.25, 0.3) is 0 Å². The Hall–Kier alpha value is -3.55. The molecule has 0 saturated heterocycles. The van der Waals surface area contributed by atoms with Gasteiger partial charge in [0.25, 0.3) is 11.8 Å². The SMILES string of the molecule is COc1ccc(C(=O)NCC(=O)N/N=C(\C)c2ccc(N(C)C)cc2)cc1OC. The third-order valence-electron chi connectivity index (χ3n) is 4.21. The Morgan fingerprint density at radius 1 is 0.966 bits per heavy atom. The number of hydrazone groups is 1. The van der Waals surface area contributed by atoms with Crippen LogP contribution in [0.1, 0.15) is 22.8 Å². The third-order valence-corrected chi connectivity index (χ3v) is 4.21. The van der Waals surface area contributed by atoms with Gasteiger partial charge in [0.15, 0.2) is 11.5 Å². The van der Waals surface area contributed by atoms with Crippen LogP contribution in [0.3, 0.4) is 0 Å². The van der Waals surface area contributed by atoms with Crippen molar-refractivity contribution in [3.05, 3.63) is 53.6 Å². The molecule has 0 bridgehead atoms. The standard InChI is InChI=1S/C21H26N4O4/c1-14(15-6-9-17(10-7-15)25(2)3)23-24-20(26)13-22-21(27)16-8-11-18(28-4)19(12-16)29-5/h6-12H,13H2,1-5H3,(H,22,27)(H,24,26)/b23-14+. The van der Waals surface area contributed by atoms with E-state index in [-0.39, 0.29) is 6.54 Å². The summed E-state index contributed by atoms with van der Waals surface area (Å²) in [5.74, 6) is 0.125. The van der Waals surface area contributed by atoms with Gasteiger partial charge in [-0.2, -0.15) is 5.10 Å². The van der Waals surface area contributed by atoms with Gasteiger partial charge in [-0.1, -0.05) is 12.1 Å². The van der Waals surface area contributed by atoms with Crippen LogP contribution in [0.2, 0.25) is 0 Å². The second kappa shape index (κ2) is 10.1. The lowest BCUT2D eigenvalue weighted by molar-refractivity contribution is -0.120. The molecule has 0 atom stereocenters. The van der Waals surface area contributed by atoms with E-state index >= 15 is 0 Å². The van der Waals surface area contributed by atoms with E-state index in [9.17, 15) is 9.59 Å². The van der Waals surface area contributed by atoms with Crippen molar-refractivity contribution in [2.75, 3.05) is 39.8 Å². The maximum absolute atomic E-state index is 12.2. The van der Waals surface area contributed by atoms with Gasteiger partial charge < -0.3 is 19.7 Å². The fourth-order valence-electron chi connectivity index (χ4n) is 2.49. The quantitative estimate of drug-likeness (QED) is 0.524. The monoisotopic (exact) mass is 398 g/mol. The van der Waals surface area contributed by atoms with Gasteiger partial charge >= 0.3 is 0 Å². The summed E-state index contributed by atoms with van der Waals surface area (Å²) in [6.45, 7) is 1.59. The van der Waals surface area contributed by atoms with E-state index in [2.05, 4.69) is 15.8 Å². The van der Waals surface area contributed by atoms with Crippen LogP contribution in [0.4, 0.5) is 5.69 Å². The lowest BCUT2D eigenvalue weighted by Gasteiger charge is -2.12. The molecular weight excluding hydrogens is 372 g/mol. The first kappa shape index (κ1) is 21.7. The Morgan fingerprint density at radius 3 is 2.17 bits per heavy atom. The molecule has 2 rings (SSSR count). The fraction of sp³-hybridized carbons (Fsp3) is 0.286. The molecule has 0 aliphatic heterocycles. The Morgan fingerprint density at radius 2 is 1.59 bits per heavy atom. The molecule has 0 saturated carbocycles. The highest BCUT2D eigenvalue weighted by Crippen LogP contribution is 2.27. The van der Waals surface area contributed by atoms with Crippen molar-refractivity contribution in [2.45, 2.75) is 6.92 Å². The zero-order chi connectivity index (χ0) is 21.4. The van der Waals surface area contributed by atoms with Gasteiger partial charge in [0, 0.05) is 25.3 Å².